The standard InChI is InChI=1S/C16H14N2O3/c1-12(19)18(15-4-2-3-11-17-15)14-8-5-13(6-9-14)7-10-16(20)21/h2-11H,1H3,(H,20,21). The van der Waals surface area contributed by atoms with Crippen molar-refractivity contribution in [3.63, 3.8) is 0 Å². The Labute approximate surface area is 122 Å². The molecule has 2 rings (SSSR count). The number of carboxylic acids is 1. The molecule has 2 aromatic rings. The average Bonchev–Trinajstić information content (AvgIpc) is 2.47. The molecular weight excluding hydrogens is 268 g/mol. The summed E-state index contributed by atoms with van der Waals surface area (Å²) in [6, 6.07) is 12.3. The van der Waals surface area contributed by atoms with Gasteiger partial charge in [-0.25, -0.2) is 9.78 Å². The zero-order valence-corrected chi connectivity index (χ0v) is 11.4. The van der Waals surface area contributed by atoms with Crippen LogP contribution in [-0.2, 0) is 9.59 Å². The topological polar surface area (TPSA) is 70.5 Å². The molecule has 0 radical (unpaired) electrons. The average molecular weight is 282 g/mol. The Morgan fingerprint density at radius 3 is 2.38 bits per heavy atom. The second-order valence-electron chi connectivity index (χ2n) is 4.31. The molecule has 0 aliphatic carbocycles. The van der Waals surface area contributed by atoms with Gasteiger partial charge in [-0.05, 0) is 35.9 Å². The van der Waals surface area contributed by atoms with Gasteiger partial charge in [-0.1, -0.05) is 18.2 Å². The van der Waals surface area contributed by atoms with Crippen molar-refractivity contribution in [3.8, 4) is 0 Å². The number of carbonyl (C=O) groups is 2. The van der Waals surface area contributed by atoms with Crippen LogP contribution < -0.4 is 4.90 Å². The van der Waals surface area contributed by atoms with Gasteiger partial charge in [0.05, 0.1) is 5.69 Å². The highest BCUT2D eigenvalue weighted by atomic mass is 16.4. The van der Waals surface area contributed by atoms with Gasteiger partial charge in [-0.2, -0.15) is 0 Å². The first-order chi connectivity index (χ1) is 10.1. The summed E-state index contributed by atoms with van der Waals surface area (Å²) in [6.45, 7) is 1.47. The Bertz CT molecular complexity index is 664. The molecule has 0 spiro atoms. The largest absolute Gasteiger partial charge is 0.478 e. The van der Waals surface area contributed by atoms with E-state index >= 15 is 0 Å². The number of carboxylic acid groups (broad SMARTS) is 1. The molecule has 0 unspecified atom stereocenters. The first-order valence-electron chi connectivity index (χ1n) is 6.31. The van der Waals surface area contributed by atoms with Gasteiger partial charge in [-0.3, -0.25) is 9.69 Å². The van der Waals surface area contributed by atoms with Crippen molar-refractivity contribution in [2.24, 2.45) is 0 Å². The third-order valence-corrected chi connectivity index (χ3v) is 2.76. The lowest BCUT2D eigenvalue weighted by Gasteiger charge is -2.20. The van der Waals surface area contributed by atoms with Gasteiger partial charge < -0.3 is 5.11 Å². The molecule has 21 heavy (non-hydrogen) atoms. The Hall–Kier alpha value is -2.95. The summed E-state index contributed by atoms with van der Waals surface area (Å²) in [7, 11) is 0. The number of aromatic nitrogens is 1. The van der Waals surface area contributed by atoms with Gasteiger partial charge in [0.25, 0.3) is 0 Å². The minimum absolute atomic E-state index is 0.150. The van der Waals surface area contributed by atoms with Crippen LogP contribution in [-0.4, -0.2) is 22.0 Å². The normalized spacial score (nSPS) is 10.5. The molecule has 0 aliphatic rings. The van der Waals surface area contributed by atoms with Gasteiger partial charge in [-0.15, -0.1) is 0 Å². The highest BCUT2D eigenvalue weighted by Crippen LogP contribution is 2.24. The number of hydrogen-bond acceptors (Lipinski definition) is 3. The zero-order chi connectivity index (χ0) is 15.2. The van der Waals surface area contributed by atoms with E-state index in [0.717, 1.165) is 11.6 Å². The van der Waals surface area contributed by atoms with Crippen molar-refractivity contribution in [3.05, 3.63) is 60.3 Å². The number of carbonyl (C=O) groups excluding carboxylic acids is 1. The lowest BCUT2D eigenvalue weighted by Crippen LogP contribution is -2.23. The Morgan fingerprint density at radius 1 is 1.14 bits per heavy atom. The lowest BCUT2D eigenvalue weighted by atomic mass is 10.1. The second-order valence-corrected chi connectivity index (χ2v) is 4.31. The highest BCUT2D eigenvalue weighted by Gasteiger charge is 2.14. The molecule has 0 saturated carbocycles. The van der Waals surface area contributed by atoms with Gasteiger partial charge in [0.2, 0.25) is 5.91 Å². The zero-order valence-electron chi connectivity index (χ0n) is 11.4. The maximum atomic E-state index is 11.8. The van der Waals surface area contributed by atoms with Crippen molar-refractivity contribution < 1.29 is 14.7 Å². The Balaban J connectivity index is 2.30. The summed E-state index contributed by atoms with van der Waals surface area (Å²) in [5.41, 5.74) is 1.42. The molecule has 1 N–H and O–H groups in total. The quantitative estimate of drug-likeness (QED) is 0.875. The number of nitrogens with zero attached hydrogens (tertiary/aromatic N) is 2. The fraction of sp³-hybridized carbons (Fsp3) is 0.0625. The molecular formula is C16H14N2O3. The highest BCUT2D eigenvalue weighted by molar-refractivity contribution is 5.98. The molecule has 0 saturated heterocycles. The van der Waals surface area contributed by atoms with Crippen LogP contribution in [0.4, 0.5) is 11.5 Å². The summed E-state index contributed by atoms with van der Waals surface area (Å²) in [4.78, 5) is 28.0. The van der Waals surface area contributed by atoms with Crippen molar-refractivity contribution in [1.29, 1.82) is 0 Å². The second kappa shape index (κ2) is 6.47. The molecule has 1 aromatic heterocycles. The number of rotatable bonds is 4. The first kappa shape index (κ1) is 14.5. The number of anilines is 2. The SMILES string of the molecule is CC(=O)N(c1ccc(C=CC(=O)O)cc1)c1ccccn1. The minimum atomic E-state index is -1.00. The van der Waals surface area contributed by atoms with E-state index in [9.17, 15) is 9.59 Å². The van der Waals surface area contributed by atoms with Crippen LogP contribution in [0.2, 0.25) is 0 Å². The van der Waals surface area contributed by atoms with E-state index < -0.39 is 5.97 Å². The number of hydrogen-bond donors (Lipinski definition) is 1. The van der Waals surface area contributed by atoms with E-state index in [1.54, 1.807) is 42.6 Å². The van der Waals surface area contributed by atoms with Crippen LogP contribution in [0.5, 0.6) is 0 Å². The summed E-state index contributed by atoms with van der Waals surface area (Å²) in [5, 5.41) is 8.59. The van der Waals surface area contributed by atoms with E-state index in [2.05, 4.69) is 4.98 Å². The van der Waals surface area contributed by atoms with Gasteiger partial charge in [0.15, 0.2) is 0 Å². The van der Waals surface area contributed by atoms with Crippen molar-refractivity contribution in [2.75, 3.05) is 4.90 Å². The third kappa shape index (κ3) is 3.76. The smallest absolute Gasteiger partial charge is 0.328 e. The van der Waals surface area contributed by atoms with Crippen LogP contribution >= 0.6 is 0 Å². The lowest BCUT2D eigenvalue weighted by molar-refractivity contribution is -0.131. The van der Waals surface area contributed by atoms with Crippen LogP contribution in [0.15, 0.2) is 54.7 Å². The molecule has 0 aliphatic heterocycles. The number of aliphatic carboxylic acids is 1. The third-order valence-electron chi connectivity index (χ3n) is 2.76. The molecule has 0 bridgehead atoms. The number of benzene rings is 1. The molecule has 1 aromatic carbocycles. The molecule has 5 heteroatoms. The predicted octanol–water partition coefficient (Wildman–Crippen LogP) is 2.86. The molecule has 106 valence electrons. The van der Waals surface area contributed by atoms with Crippen LogP contribution in [0, 0.1) is 0 Å². The Kier molecular flexibility index (Phi) is 4.46. The molecule has 0 fully saturated rings. The fourth-order valence-electron chi connectivity index (χ4n) is 1.86. The van der Waals surface area contributed by atoms with E-state index in [-0.39, 0.29) is 5.91 Å². The fourth-order valence-corrected chi connectivity index (χ4v) is 1.86. The number of amides is 1. The minimum Gasteiger partial charge on any atom is -0.478 e. The predicted molar refractivity (Wildman–Crippen MR) is 80.2 cm³/mol. The van der Waals surface area contributed by atoms with Crippen molar-refractivity contribution in [2.45, 2.75) is 6.92 Å². The maximum Gasteiger partial charge on any atom is 0.328 e. The molecule has 0 atom stereocenters. The van der Waals surface area contributed by atoms with Gasteiger partial charge in [0, 0.05) is 19.2 Å². The molecule has 1 amide bonds. The van der Waals surface area contributed by atoms with Crippen LogP contribution in [0.3, 0.4) is 0 Å². The molecule has 1 heterocycles. The van der Waals surface area contributed by atoms with E-state index in [4.69, 9.17) is 5.11 Å². The summed E-state index contributed by atoms with van der Waals surface area (Å²) < 4.78 is 0. The van der Waals surface area contributed by atoms with E-state index in [1.165, 1.54) is 17.9 Å². The van der Waals surface area contributed by atoms with E-state index in [1.807, 2.05) is 6.07 Å². The van der Waals surface area contributed by atoms with Crippen molar-refractivity contribution in [1.82, 2.24) is 4.98 Å². The van der Waals surface area contributed by atoms with Crippen LogP contribution in [0.1, 0.15) is 12.5 Å². The first-order valence-corrected chi connectivity index (χ1v) is 6.31. The Morgan fingerprint density at radius 2 is 1.86 bits per heavy atom. The van der Waals surface area contributed by atoms with Gasteiger partial charge in [0.1, 0.15) is 5.82 Å². The summed E-state index contributed by atoms with van der Waals surface area (Å²) in [6.07, 6.45) is 4.18. The number of pyridine rings is 1. The maximum absolute atomic E-state index is 11.8. The summed E-state index contributed by atoms with van der Waals surface area (Å²) >= 11 is 0. The van der Waals surface area contributed by atoms with Gasteiger partial charge >= 0.3 is 5.97 Å². The van der Waals surface area contributed by atoms with Crippen LogP contribution in [0.25, 0.3) is 6.08 Å². The van der Waals surface area contributed by atoms with Crippen molar-refractivity contribution >= 4 is 29.5 Å². The molecule has 5 nitrogen and oxygen atoms in total. The monoisotopic (exact) mass is 282 g/mol. The van der Waals surface area contributed by atoms with E-state index in [0.29, 0.717) is 11.5 Å². The summed E-state index contributed by atoms with van der Waals surface area (Å²) in [5.74, 6) is -0.612.